The smallest absolute Gasteiger partial charge is 0.223 e. The van der Waals surface area contributed by atoms with Crippen molar-refractivity contribution in [2.24, 2.45) is 0 Å². The van der Waals surface area contributed by atoms with Gasteiger partial charge in [0, 0.05) is 38.2 Å². The standard InChI is InChI=1S/C14H28N2O2/c1-5-16(11-12-7-6-10-18-12)13(17)8-9-15-14(2,3)4/h12,15H,5-11H2,1-4H3. The first-order valence-electron chi connectivity index (χ1n) is 7.07. The summed E-state index contributed by atoms with van der Waals surface area (Å²) in [5, 5.41) is 3.35. The number of carbonyl (C=O) groups excluding carboxylic acids is 1. The average Bonchev–Trinajstić information content (AvgIpc) is 2.76. The van der Waals surface area contributed by atoms with Gasteiger partial charge in [-0.2, -0.15) is 0 Å². The highest BCUT2D eigenvalue weighted by Gasteiger charge is 2.21. The third kappa shape index (κ3) is 5.83. The maximum atomic E-state index is 12.1. The van der Waals surface area contributed by atoms with Crippen LogP contribution in [0.3, 0.4) is 0 Å². The Morgan fingerprint density at radius 1 is 1.44 bits per heavy atom. The Morgan fingerprint density at radius 2 is 2.17 bits per heavy atom. The van der Waals surface area contributed by atoms with Crippen molar-refractivity contribution in [2.75, 3.05) is 26.2 Å². The molecule has 0 aromatic carbocycles. The van der Waals surface area contributed by atoms with Crippen LogP contribution in [0.5, 0.6) is 0 Å². The minimum atomic E-state index is 0.0753. The molecule has 0 aromatic rings. The van der Waals surface area contributed by atoms with Gasteiger partial charge in [0.2, 0.25) is 5.91 Å². The minimum Gasteiger partial charge on any atom is -0.376 e. The summed E-state index contributed by atoms with van der Waals surface area (Å²) in [7, 11) is 0. The summed E-state index contributed by atoms with van der Waals surface area (Å²) in [4.78, 5) is 14.0. The number of likely N-dealkylation sites (N-methyl/N-ethyl adjacent to an activating group) is 1. The lowest BCUT2D eigenvalue weighted by Gasteiger charge is -2.25. The monoisotopic (exact) mass is 256 g/mol. The van der Waals surface area contributed by atoms with E-state index in [4.69, 9.17) is 4.74 Å². The molecule has 1 unspecified atom stereocenters. The number of carbonyl (C=O) groups is 1. The van der Waals surface area contributed by atoms with Crippen molar-refractivity contribution in [1.29, 1.82) is 0 Å². The van der Waals surface area contributed by atoms with Crippen molar-refractivity contribution < 1.29 is 9.53 Å². The number of hydrogen-bond acceptors (Lipinski definition) is 3. The number of rotatable bonds is 6. The lowest BCUT2D eigenvalue weighted by molar-refractivity contribution is -0.132. The molecular formula is C14H28N2O2. The quantitative estimate of drug-likeness (QED) is 0.788. The van der Waals surface area contributed by atoms with E-state index in [1.54, 1.807) is 0 Å². The van der Waals surface area contributed by atoms with Crippen molar-refractivity contribution >= 4 is 5.91 Å². The van der Waals surface area contributed by atoms with Crippen molar-refractivity contribution in [1.82, 2.24) is 10.2 Å². The number of nitrogens with zero attached hydrogens (tertiary/aromatic N) is 1. The first-order chi connectivity index (χ1) is 8.42. The van der Waals surface area contributed by atoms with Gasteiger partial charge in [0.05, 0.1) is 6.10 Å². The van der Waals surface area contributed by atoms with E-state index in [1.807, 2.05) is 11.8 Å². The molecule has 1 aliphatic rings. The Labute approximate surface area is 111 Å². The van der Waals surface area contributed by atoms with Gasteiger partial charge in [-0.3, -0.25) is 4.79 Å². The van der Waals surface area contributed by atoms with Crippen LogP contribution in [0, 0.1) is 0 Å². The Hall–Kier alpha value is -0.610. The average molecular weight is 256 g/mol. The van der Waals surface area contributed by atoms with Gasteiger partial charge in [-0.25, -0.2) is 0 Å². The van der Waals surface area contributed by atoms with E-state index in [2.05, 4.69) is 26.1 Å². The molecule has 0 radical (unpaired) electrons. The molecule has 1 fully saturated rings. The summed E-state index contributed by atoms with van der Waals surface area (Å²) in [6, 6.07) is 0. The molecule has 0 aliphatic carbocycles. The molecule has 1 heterocycles. The van der Waals surface area contributed by atoms with Gasteiger partial charge < -0.3 is 15.0 Å². The fourth-order valence-electron chi connectivity index (χ4n) is 2.14. The van der Waals surface area contributed by atoms with E-state index in [-0.39, 0.29) is 17.6 Å². The molecule has 18 heavy (non-hydrogen) atoms. The highest BCUT2D eigenvalue weighted by atomic mass is 16.5. The van der Waals surface area contributed by atoms with Crippen LogP contribution in [0.1, 0.15) is 47.0 Å². The van der Waals surface area contributed by atoms with E-state index >= 15 is 0 Å². The van der Waals surface area contributed by atoms with Crippen LogP contribution in [0.15, 0.2) is 0 Å². The number of amides is 1. The van der Waals surface area contributed by atoms with Crippen LogP contribution < -0.4 is 5.32 Å². The molecule has 1 amide bonds. The van der Waals surface area contributed by atoms with Gasteiger partial charge in [-0.1, -0.05) is 0 Å². The SMILES string of the molecule is CCN(CC1CCCO1)C(=O)CCNC(C)(C)C. The van der Waals surface area contributed by atoms with Crippen molar-refractivity contribution in [2.45, 2.75) is 58.6 Å². The molecule has 1 aliphatic heterocycles. The molecule has 0 spiro atoms. The summed E-state index contributed by atoms with van der Waals surface area (Å²) >= 11 is 0. The number of ether oxygens (including phenoxy) is 1. The second kappa shape index (κ2) is 7.10. The fraction of sp³-hybridized carbons (Fsp3) is 0.929. The van der Waals surface area contributed by atoms with Gasteiger partial charge in [-0.15, -0.1) is 0 Å². The maximum Gasteiger partial charge on any atom is 0.223 e. The second-order valence-electron chi connectivity index (χ2n) is 5.99. The molecule has 0 aromatic heterocycles. The Bertz CT molecular complexity index is 255. The zero-order valence-corrected chi connectivity index (χ0v) is 12.3. The van der Waals surface area contributed by atoms with E-state index in [9.17, 15) is 4.79 Å². The molecule has 1 saturated heterocycles. The summed E-state index contributed by atoms with van der Waals surface area (Å²) in [5.74, 6) is 0.227. The van der Waals surface area contributed by atoms with Gasteiger partial charge >= 0.3 is 0 Å². The van der Waals surface area contributed by atoms with Crippen LogP contribution in [-0.4, -0.2) is 48.7 Å². The highest BCUT2D eigenvalue weighted by molar-refractivity contribution is 5.76. The minimum absolute atomic E-state index is 0.0753. The predicted molar refractivity (Wildman–Crippen MR) is 73.6 cm³/mol. The largest absolute Gasteiger partial charge is 0.376 e. The van der Waals surface area contributed by atoms with Gasteiger partial charge in [-0.05, 0) is 40.5 Å². The fourth-order valence-corrected chi connectivity index (χ4v) is 2.14. The Balaban J connectivity index is 2.28. The Kier molecular flexibility index (Phi) is 6.09. The van der Waals surface area contributed by atoms with E-state index < -0.39 is 0 Å². The molecule has 4 nitrogen and oxygen atoms in total. The first kappa shape index (κ1) is 15.4. The zero-order valence-electron chi connectivity index (χ0n) is 12.3. The van der Waals surface area contributed by atoms with Gasteiger partial charge in [0.15, 0.2) is 0 Å². The number of hydrogen-bond donors (Lipinski definition) is 1. The molecule has 1 atom stereocenters. The van der Waals surface area contributed by atoms with Crippen LogP contribution in [-0.2, 0) is 9.53 Å². The van der Waals surface area contributed by atoms with Crippen molar-refractivity contribution in [3.63, 3.8) is 0 Å². The molecule has 1 N–H and O–H groups in total. The lowest BCUT2D eigenvalue weighted by Crippen LogP contribution is -2.41. The predicted octanol–water partition coefficient (Wildman–Crippen LogP) is 1.79. The summed E-state index contributed by atoms with van der Waals surface area (Å²) in [6.45, 7) is 11.5. The molecular weight excluding hydrogens is 228 g/mol. The molecule has 1 rings (SSSR count). The number of nitrogens with one attached hydrogen (secondary N) is 1. The molecule has 106 valence electrons. The first-order valence-corrected chi connectivity index (χ1v) is 7.07. The molecule has 0 bridgehead atoms. The van der Waals surface area contributed by atoms with Crippen LogP contribution in [0.2, 0.25) is 0 Å². The van der Waals surface area contributed by atoms with Crippen molar-refractivity contribution in [3.8, 4) is 0 Å². The van der Waals surface area contributed by atoms with E-state index in [1.165, 1.54) is 0 Å². The normalized spacial score (nSPS) is 20.1. The third-order valence-electron chi connectivity index (χ3n) is 3.18. The summed E-state index contributed by atoms with van der Waals surface area (Å²) in [5.41, 5.74) is 0.0753. The zero-order chi connectivity index (χ0) is 13.6. The topological polar surface area (TPSA) is 41.6 Å². The maximum absolute atomic E-state index is 12.1. The van der Waals surface area contributed by atoms with E-state index in [0.717, 1.165) is 39.1 Å². The molecule has 4 heteroatoms. The summed E-state index contributed by atoms with van der Waals surface area (Å²) < 4.78 is 5.58. The third-order valence-corrected chi connectivity index (χ3v) is 3.18. The van der Waals surface area contributed by atoms with Crippen LogP contribution in [0.25, 0.3) is 0 Å². The van der Waals surface area contributed by atoms with Crippen molar-refractivity contribution in [3.05, 3.63) is 0 Å². The van der Waals surface area contributed by atoms with Gasteiger partial charge in [0.1, 0.15) is 0 Å². The van der Waals surface area contributed by atoms with Crippen LogP contribution in [0.4, 0.5) is 0 Å². The second-order valence-corrected chi connectivity index (χ2v) is 5.99. The Morgan fingerprint density at radius 3 is 2.67 bits per heavy atom. The highest BCUT2D eigenvalue weighted by Crippen LogP contribution is 2.13. The summed E-state index contributed by atoms with van der Waals surface area (Å²) in [6.07, 6.45) is 3.04. The van der Waals surface area contributed by atoms with Crippen LogP contribution >= 0.6 is 0 Å². The lowest BCUT2D eigenvalue weighted by atomic mass is 10.1. The molecule has 0 saturated carbocycles. The van der Waals surface area contributed by atoms with Gasteiger partial charge in [0.25, 0.3) is 0 Å². The van der Waals surface area contributed by atoms with E-state index in [0.29, 0.717) is 6.42 Å².